The number of carbonyl (C=O) groups is 1. The third-order valence-corrected chi connectivity index (χ3v) is 4.58. The second-order valence-electron chi connectivity index (χ2n) is 6.54. The number of nitrogens with one attached hydrogen (secondary N) is 1. The quantitative estimate of drug-likeness (QED) is 0.676. The second-order valence-corrected chi connectivity index (χ2v) is 6.54. The van der Waals surface area contributed by atoms with Crippen molar-refractivity contribution >= 4 is 22.5 Å². The average Bonchev–Trinajstić information content (AvgIpc) is 2.66. The Bertz CT molecular complexity index is 904. The number of pyridine rings is 1. The van der Waals surface area contributed by atoms with E-state index in [0.29, 0.717) is 11.7 Å². The van der Waals surface area contributed by atoms with Gasteiger partial charge in [0, 0.05) is 11.1 Å². The van der Waals surface area contributed by atoms with Crippen LogP contribution in [0.2, 0.25) is 0 Å². The molecule has 0 fully saturated rings. The first-order valence-corrected chi connectivity index (χ1v) is 8.96. The first-order chi connectivity index (χ1) is 12.6. The summed E-state index contributed by atoms with van der Waals surface area (Å²) >= 11 is 0. The van der Waals surface area contributed by atoms with E-state index >= 15 is 0 Å². The lowest BCUT2D eigenvalue weighted by atomic mass is 9.99. The van der Waals surface area contributed by atoms with Crippen molar-refractivity contribution in [3.8, 4) is 5.75 Å². The number of fused-ring (bicyclic) bond motifs is 1. The molecule has 2 aromatic carbocycles. The van der Waals surface area contributed by atoms with Crippen molar-refractivity contribution in [1.82, 2.24) is 4.98 Å². The molecule has 3 rings (SSSR count). The van der Waals surface area contributed by atoms with E-state index in [0.717, 1.165) is 28.7 Å². The molecule has 1 atom stereocenters. The zero-order valence-electron chi connectivity index (χ0n) is 15.5. The maximum Gasteiger partial charge on any atom is 0.262 e. The molecule has 4 heteroatoms. The second kappa shape index (κ2) is 8.00. The van der Waals surface area contributed by atoms with Gasteiger partial charge in [0.1, 0.15) is 5.75 Å². The summed E-state index contributed by atoms with van der Waals surface area (Å²) in [6.45, 7) is 6.29. The topological polar surface area (TPSA) is 51.2 Å². The van der Waals surface area contributed by atoms with Gasteiger partial charge >= 0.3 is 0 Å². The van der Waals surface area contributed by atoms with E-state index < -0.39 is 0 Å². The van der Waals surface area contributed by atoms with Crippen LogP contribution in [0.25, 0.3) is 10.9 Å². The van der Waals surface area contributed by atoms with Crippen LogP contribution in [0.15, 0.2) is 54.6 Å². The van der Waals surface area contributed by atoms with Gasteiger partial charge in [-0.05, 0) is 61.2 Å². The van der Waals surface area contributed by atoms with Crippen LogP contribution in [0, 0.1) is 6.92 Å². The molecule has 0 aliphatic carbocycles. The molecule has 0 saturated heterocycles. The smallest absolute Gasteiger partial charge is 0.262 e. The number of carbonyl (C=O) groups excluding carboxylic acids is 1. The molecule has 0 spiro atoms. The molecular formula is C22H24N2O2. The van der Waals surface area contributed by atoms with E-state index in [1.54, 1.807) is 0 Å². The molecule has 134 valence electrons. The molecule has 0 aliphatic heterocycles. The number of aromatic nitrogens is 1. The van der Waals surface area contributed by atoms with Crippen LogP contribution in [0.3, 0.4) is 0 Å². The lowest BCUT2D eigenvalue weighted by Gasteiger charge is -2.12. The predicted octanol–water partition coefficient (Wildman–Crippen LogP) is 5.07. The minimum Gasteiger partial charge on any atom is -0.484 e. The molecule has 0 aliphatic rings. The summed E-state index contributed by atoms with van der Waals surface area (Å²) in [6, 6.07) is 17.6. The van der Waals surface area contributed by atoms with Gasteiger partial charge in [-0.1, -0.05) is 32.0 Å². The van der Waals surface area contributed by atoms with E-state index in [1.165, 1.54) is 5.56 Å². The van der Waals surface area contributed by atoms with E-state index in [4.69, 9.17) is 4.74 Å². The van der Waals surface area contributed by atoms with Gasteiger partial charge in [-0.2, -0.15) is 0 Å². The molecule has 1 heterocycles. The van der Waals surface area contributed by atoms with Gasteiger partial charge in [0.25, 0.3) is 5.91 Å². The number of aryl methyl sites for hydroxylation is 1. The van der Waals surface area contributed by atoms with Crippen molar-refractivity contribution in [3.05, 3.63) is 65.9 Å². The predicted molar refractivity (Wildman–Crippen MR) is 106 cm³/mol. The zero-order chi connectivity index (χ0) is 18.5. The van der Waals surface area contributed by atoms with Gasteiger partial charge in [-0.3, -0.25) is 9.78 Å². The fourth-order valence-electron chi connectivity index (χ4n) is 2.83. The van der Waals surface area contributed by atoms with Crippen LogP contribution in [-0.2, 0) is 4.79 Å². The maximum atomic E-state index is 12.3. The van der Waals surface area contributed by atoms with E-state index in [9.17, 15) is 4.79 Å². The van der Waals surface area contributed by atoms with Gasteiger partial charge in [-0.25, -0.2) is 0 Å². The SMILES string of the molecule is CC[C@@H](C)c1ccc(OCC(=O)Nc2cccc3nc(C)ccc23)cc1. The molecule has 1 N–H and O–H groups in total. The Labute approximate surface area is 154 Å². The number of ether oxygens (including phenoxy) is 1. The van der Waals surface area contributed by atoms with Crippen molar-refractivity contribution in [1.29, 1.82) is 0 Å². The summed E-state index contributed by atoms with van der Waals surface area (Å²) in [5.74, 6) is 1.03. The van der Waals surface area contributed by atoms with Crippen LogP contribution in [0.5, 0.6) is 5.75 Å². The number of amides is 1. The first-order valence-electron chi connectivity index (χ1n) is 8.96. The third-order valence-electron chi connectivity index (χ3n) is 4.58. The van der Waals surface area contributed by atoms with Gasteiger partial charge < -0.3 is 10.1 Å². The number of hydrogen-bond acceptors (Lipinski definition) is 3. The van der Waals surface area contributed by atoms with Crippen molar-refractivity contribution in [2.45, 2.75) is 33.1 Å². The average molecular weight is 348 g/mol. The largest absolute Gasteiger partial charge is 0.484 e. The summed E-state index contributed by atoms with van der Waals surface area (Å²) < 4.78 is 5.61. The van der Waals surface area contributed by atoms with E-state index in [-0.39, 0.29) is 12.5 Å². The number of hydrogen-bond donors (Lipinski definition) is 1. The van der Waals surface area contributed by atoms with E-state index in [1.807, 2.05) is 49.4 Å². The number of benzene rings is 2. The van der Waals surface area contributed by atoms with Crippen LogP contribution < -0.4 is 10.1 Å². The lowest BCUT2D eigenvalue weighted by molar-refractivity contribution is -0.118. The fourth-order valence-corrected chi connectivity index (χ4v) is 2.83. The summed E-state index contributed by atoms with van der Waals surface area (Å²) in [5, 5.41) is 3.83. The van der Waals surface area contributed by atoms with E-state index in [2.05, 4.69) is 36.3 Å². The van der Waals surface area contributed by atoms with Crippen molar-refractivity contribution in [2.24, 2.45) is 0 Å². The molecule has 0 saturated carbocycles. The Morgan fingerprint density at radius 2 is 1.88 bits per heavy atom. The molecule has 1 aromatic heterocycles. The molecule has 4 nitrogen and oxygen atoms in total. The Morgan fingerprint density at radius 1 is 1.12 bits per heavy atom. The lowest BCUT2D eigenvalue weighted by Crippen LogP contribution is -2.20. The summed E-state index contributed by atoms with van der Waals surface area (Å²) in [5.41, 5.74) is 3.84. The third kappa shape index (κ3) is 4.20. The van der Waals surface area contributed by atoms with Gasteiger partial charge in [-0.15, -0.1) is 0 Å². The highest BCUT2D eigenvalue weighted by Crippen LogP contribution is 2.23. The highest BCUT2D eigenvalue weighted by Gasteiger charge is 2.08. The maximum absolute atomic E-state index is 12.3. The highest BCUT2D eigenvalue weighted by molar-refractivity contribution is 6.01. The van der Waals surface area contributed by atoms with Crippen LogP contribution in [-0.4, -0.2) is 17.5 Å². The van der Waals surface area contributed by atoms with Crippen molar-refractivity contribution in [3.63, 3.8) is 0 Å². The Morgan fingerprint density at radius 3 is 2.62 bits per heavy atom. The highest BCUT2D eigenvalue weighted by atomic mass is 16.5. The molecule has 1 amide bonds. The minimum absolute atomic E-state index is 0.0294. The fraction of sp³-hybridized carbons (Fsp3) is 0.273. The van der Waals surface area contributed by atoms with Crippen LogP contribution >= 0.6 is 0 Å². The minimum atomic E-state index is -0.191. The number of nitrogens with zero attached hydrogens (tertiary/aromatic N) is 1. The molecule has 0 unspecified atom stereocenters. The molecule has 0 bridgehead atoms. The van der Waals surface area contributed by atoms with Gasteiger partial charge in [0.05, 0.1) is 11.2 Å². The Kier molecular flexibility index (Phi) is 5.52. The molecule has 3 aromatic rings. The van der Waals surface area contributed by atoms with Crippen LogP contribution in [0.4, 0.5) is 5.69 Å². The Balaban J connectivity index is 1.63. The number of rotatable bonds is 6. The normalized spacial score (nSPS) is 12.0. The summed E-state index contributed by atoms with van der Waals surface area (Å²) in [7, 11) is 0. The standard InChI is InChI=1S/C22H24N2O2/c1-4-15(2)17-9-11-18(12-10-17)26-14-22(25)24-21-7-5-6-20-19(21)13-8-16(3)23-20/h5-13,15H,4,14H2,1-3H3,(H,24,25)/t15-/m1/s1. The monoisotopic (exact) mass is 348 g/mol. The zero-order valence-corrected chi connectivity index (χ0v) is 15.5. The summed E-state index contributed by atoms with van der Waals surface area (Å²) in [4.78, 5) is 16.7. The molecular weight excluding hydrogens is 324 g/mol. The van der Waals surface area contributed by atoms with Crippen molar-refractivity contribution < 1.29 is 9.53 Å². The molecule has 26 heavy (non-hydrogen) atoms. The summed E-state index contributed by atoms with van der Waals surface area (Å²) in [6.07, 6.45) is 1.10. The first kappa shape index (κ1) is 17.9. The van der Waals surface area contributed by atoms with Gasteiger partial charge in [0.15, 0.2) is 6.61 Å². The van der Waals surface area contributed by atoms with Crippen LogP contribution in [0.1, 0.15) is 37.4 Å². The van der Waals surface area contributed by atoms with Gasteiger partial charge in [0.2, 0.25) is 0 Å². The molecule has 0 radical (unpaired) electrons. The Hall–Kier alpha value is -2.88. The number of anilines is 1. The van der Waals surface area contributed by atoms with Crippen molar-refractivity contribution in [2.75, 3.05) is 11.9 Å².